The molecule has 0 radical (unpaired) electrons. The second-order valence-corrected chi connectivity index (χ2v) is 13.3. The minimum atomic E-state index is -1.32. The molecular formula is C33H40N4O3S. The number of amides is 1. The van der Waals surface area contributed by atoms with E-state index in [1.165, 1.54) is 24.1 Å². The molecule has 2 saturated heterocycles. The fourth-order valence-corrected chi connectivity index (χ4v) is 8.40. The van der Waals surface area contributed by atoms with E-state index in [1.807, 2.05) is 42.7 Å². The third-order valence-electron chi connectivity index (χ3n) is 9.43. The molecule has 1 unspecified atom stereocenters. The van der Waals surface area contributed by atoms with E-state index in [2.05, 4.69) is 45.1 Å². The molecule has 1 spiro atoms. The molecule has 1 aromatic heterocycles. The van der Waals surface area contributed by atoms with Crippen molar-refractivity contribution in [3.05, 3.63) is 77.1 Å². The number of hydrogen-bond donors (Lipinski definition) is 0. The Hall–Kier alpha value is -3.39. The smallest absolute Gasteiger partial charge is 0.226 e. The van der Waals surface area contributed by atoms with Crippen LogP contribution in [-0.2, 0) is 28.6 Å². The molecular weight excluding hydrogens is 532 g/mol. The van der Waals surface area contributed by atoms with Crippen LogP contribution >= 0.6 is 0 Å². The van der Waals surface area contributed by atoms with Gasteiger partial charge in [0.2, 0.25) is 5.91 Å². The standard InChI is InChI=1S/C33H40N4O3S/c1-24-20-29(40-3)21-25(2)32(24)41(39)37-15-8-27-5-4-26(22-30(27)37)23-31(38)36-18-11-33(12-19-36)9-16-35(17-10-33)28-6-13-34-14-7-28/h4-7,13-14,20-22H,8-12,15-19,23H2,1-3H3. The lowest BCUT2D eigenvalue weighted by atomic mass is 9.71. The summed E-state index contributed by atoms with van der Waals surface area (Å²) in [5.74, 6) is 0.976. The Morgan fingerprint density at radius 2 is 1.59 bits per heavy atom. The maximum atomic E-state index is 13.8. The van der Waals surface area contributed by atoms with Gasteiger partial charge in [-0.15, -0.1) is 0 Å². The van der Waals surface area contributed by atoms with Gasteiger partial charge in [-0.3, -0.25) is 14.1 Å². The summed E-state index contributed by atoms with van der Waals surface area (Å²) >= 11 is 0. The van der Waals surface area contributed by atoms with Crippen molar-refractivity contribution in [2.75, 3.05) is 49.0 Å². The van der Waals surface area contributed by atoms with Crippen molar-refractivity contribution in [1.29, 1.82) is 0 Å². The molecule has 41 heavy (non-hydrogen) atoms. The SMILES string of the molecule is COc1cc(C)c(S(=O)N2CCc3ccc(CC(=O)N4CCC5(CC4)CCN(c4ccncc4)CC5)cc32)c(C)c1. The molecule has 1 atom stereocenters. The van der Waals surface area contributed by atoms with Crippen molar-refractivity contribution in [3.63, 3.8) is 0 Å². The summed E-state index contributed by atoms with van der Waals surface area (Å²) in [6.45, 7) is 8.50. The van der Waals surface area contributed by atoms with E-state index in [1.54, 1.807) is 7.11 Å². The number of fused-ring (bicyclic) bond motifs is 1. The fourth-order valence-electron chi connectivity index (χ4n) is 6.90. The number of carbonyl (C=O) groups is 1. The van der Waals surface area contributed by atoms with Gasteiger partial charge in [-0.1, -0.05) is 12.1 Å². The highest BCUT2D eigenvalue weighted by molar-refractivity contribution is 7.86. The Labute approximate surface area is 246 Å². The van der Waals surface area contributed by atoms with Gasteiger partial charge in [0.1, 0.15) is 5.75 Å². The molecule has 6 rings (SSSR count). The van der Waals surface area contributed by atoms with Crippen molar-refractivity contribution in [2.24, 2.45) is 5.41 Å². The van der Waals surface area contributed by atoms with E-state index in [9.17, 15) is 9.00 Å². The molecule has 2 aromatic carbocycles. The summed E-state index contributed by atoms with van der Waals surface area (Å²) in [6.07, 6.45) is 9.51. The first-order valence-electron chi connectivity index (χ1n) is 14.7. The molecule has 2 fully saturated rings. The summed E-state index contributed by atoms with van der Waals surface area (Å²) in [5, 5.41) is 0. The summed E-state index contributed by atoms with van der Waals surface area (Å²) in [4.78, 5) is 22.9. The number of aryl methyl sites for hydroxylation is 2. The van der Waals surface area contributed by atoms with Crippen LogP contribution < -0.4 is 13.9 Å². The van der Waals surface area contributed by atoms with E-state index in [4.69, 9.17) is 4.74 Å². The van der Waals surface area contributed by atoms with Crippen LogP contribution in [0.4, 0.5) is 11.4 Å². The van der Waals surface area contributed by atoms with Crippen molar-refractivity contribution in [1.82, 2.24) is 9.88 Å². The first-order chi connectivity index (χ1) is 19.9. The van der Waals surface area contributed by atoms with Crippen LogP contribution in [0.2, 0.25) is 0 Å². The van der Waals surface area contributed by atoms with Crippen LogP contribution in [-0.4, -0.2) is 59.8 Å². The number of hydrogen-bond acceptors (Lipinski definition) is 5. The van der Waals surface area contributed by atoms with Gasteiger partial charge in [0, 0.05) is 50.8 Å². The van der Waals surface area contributed by atoms with Gasteiger partial charge in [-0.05, 0) is 104 Å². The number of pyridine rings is 1. The first kappa shape index (κ1) is 27.8. The van der Waals surface area contributed by atoms with E-state index in [-0.39, 0.29) is 5.91 Å². The molecule has 8 heteroatoms. The molecule has 0 bridgehead atoms. The number of benzene rings is 2. The third-order valence-corrected chi connectivity index (χ3v) is 11.2. The normalized spacial score (nSPS) is 18.9. The lowest BCUT2D eigenvalue weighted by Crippen LogP contribution is -2.48. The predicted molar refractivity (Wildman–Crippen MR) is 164 cm³/mol. The number of methoxy groups -OCH3 is 1. The van der Waals surface area contributed by atoms with Gasteiger partial charge in [-0.2, -0.15) is 0 Å². The highest BCUT2D eigenvalue weighted by atomic mass is 32.2. The highest BCUT2D eigenvalue weighted by Gasteiger charge is 2.38. The lowest BCUT2D eigenvalue weighted by molar-refractivity contribution is -0.133. The van der Waals surface area contributed by atoms with Crippen molar-refractivity contribution < 1.29 is 13.7 Å². The second-order valence-electron chi connectivity index (χ2n) is 11.9. The van der Waals surface area contributed by atoms with Gasteiger partial charge < -0.3 is 14.5 Å². The highest BCUT2D eigenvalue weighted by Crippen LogP contribution is 2.42. The average Bonchev–Trinajstić information content (AvgIpc) is 3.41. The molecule has 1 amide bonds. The monoisotopic (exact) mass is 572 g/mol. The molecule has 4 heterocycles. The summed E-state index contributed by atoms with van der Waals surface area (Å²) in [6, 6.07) is 14.4. The zero-order chi connectivity index (χ0) is 28.6. The largest absolute Gasteiger partial charge is 0.497 e. The number of carbonyl (C=O) groups excluding carboxylic acids is 1. The van der Waals surface area contributed by atoms with Crippen LogP contribution in [0, 0.1) is 19.3 Å². The van der Waals surface area contributed by atoms with Crippen LogP contribution in [0.1, 0.15) is 47.9 Å². The minimum Gasteiger partial charge on any atom is -0.497 e. The molecule has 0 aliphatic carbocycles. The Morgan fingerprint density at radius 1 is 0.927 bits per heavy atom. The maximum absolute atomic E-state index is 13.8. The molecule has 0 saturated carbocycles. The number of aromatic nitrogens is 1. The third kappa shape index (κ3) is 5.59. The van der Waals surface area contributed by atoms with Gasteiger partial charge in [-0.25, -0.2) is 4.21 Å². The van der Waals surface area contributed by atoms with Crippen molar-refractivity contribution >= 4 is 28.3 Å². The first-order valence-corrected chi connectivity index (χ1v) is 15.9. The van der Waals surface area contributed by atoms with Crippen LogP contribution in [0.25, 0.3) is 0 Å². The summed E-state index contributed by atoms with van der Waals surface area (Å²) in [5.41, 5.74) is 6.71. The number of rotatable bonds is 6. The van der Waals surface area contributed by atoms with Crippen molar-refractivity contribution in [3.8, 4) is 5.75 Å². The van der Waals surface area contributed by atoms with E-state index in [0.717, 1.165) is 78.5 Å². The number of nitrogens with zero attached hydrogens (tertiary/aromatic N) is 4. The minimum absolute atomic E-state index is 0.196. The number of likely N-dealkylation sites (tertiary alicyclic amines) is 1. The van der Waals surface area contributed by atoms with Gasteiger partial charge >= 0.3 is 0 Å². The Kier molecular flexibility index (Phi) is 7.77. The predicted octanol–water partition coefficient (Wildman–Crippen LogP) is 5.24. The Morgan fingerprint density at radius 3 is 2.24 bits per heavy atom. The summed E-state index contributed by atoms with van der Waals surface area (Å²) < 4.78 is 21.2. The zero-order valence-corrected chi connectivity index (χ0v) is 25.2. The zero-order valence-electron chi connectivity index (χ0n) is 24.4. The van der Waals surface area contributed by atoms with E-state index < -0.39 is 11.0 Å². The van der Waals surface area contributed by atoms with Crippen LogP contribution in [0.3, 0.4) is 0 Å². The van der Waals surface area contributed by atoms with Gasteiger partial charge in [0.05, 0.1) is 24.1 Å². The molecule has 7 nitrogen and oxygen atoms in total. The maximum Gasteiger partial charge on any atom is 0.226 e. The quantitative estimate of drug-likeness (QED) is 0.404. The van der Waals surface area contributed by atoms with Crippen molar-refractivity contribution in [2.45, 2.75) is 57.3 Å². The number of anilines is 2. The summed E-state index contributed by atoms with van der Waals surface area (Å²) in [7, 11) is 0.329. The molecule has 3 aliphatic heterocycles. The molecule has 216 valence electrons. The second kappa shape index (κ2) is 11.5. The fraction of sp³-hybridized carbons (Fsp3) is 0.455. The Bertz CT molecular complexity index is 1420. The van der Waals surface area contributed by atoms with E-state index >= 15 is 0 Å². The van der Waals surface area contributed by atoms with Gasteiger partial charge in [0.25, 0.3) is 0 Å². The lowest BCUT2D eigenvalue weighted by Gasteiger charge is -2.47. The average molecular weight is 573 g/mol. The topological polar surface area (TPSA) is 66.0 Å². The molecule has 0 N–H and O–H groups in total. The molecule has 3 aliphatic rings. The number of piperidine rings is 2. The van der Waals surface area contributed by atoms with Gasteiger partial charge in [0.15, 0.2) is 11.0 Å². The van der Waals surface area contributed by atoms with Crippen LogP contribution in [0.15, 0.2) is 59.8 Å². The van der Waals surface area contributed by atoms with E-state index in [0.29, 0.717) is 18.4 Å². The van der Waals surface area contributed by atoms with Crippen LogP contribution in [0.5, 0.6) is 5.75 Å². The number of ether oxygens (including phenoxy) is 1. The molecule has 3 aromatic rings. The Balaban J connectivity index is 1.08.